The monoisotopic (exact) mass is 292 g/mol. The van der Waals surface area contributed by atoms with Gasteiger partial charge in [0.2, 0.25) is 0 Å². The Balaban J connectivity index is 2.28. The largest absolute Gasteiger partial charge is 0.457 e. The van der Waals surface area contributed by atoms with E-state index >= 15 is 0 Å². The fourth-order valence-electron chi connectivity index (χ4n) is 1.34. The number of halogens is 1. The maximum atomic E-state index is 11.8. The van der Waals surface area contributed by atoms with Crippen LogP contribution in [0.15, 0.2) is 29.2 Å². The molecule has 0 atom stereocenters. The number of carbonyl (C=O) groups is 1. The van der Waals surface area contributed by atoms with Crippen molar-refractivity contribution in [1.29, 1.82) is 0 Å². The Morgan fingerprint density at radius 1 is 1.35 bits per heavy atom. The highest BCUT2D eigenvalue weighted by Crippen LogP contribution is 2.25. The number of benzene rings is 1. The summed E-state index contributed by atoms with van der Waals surface area (Å²) in [6.07, 6.45) is -0.126. The van der Waals surface area contributed by atoms with E-state index < -0.39 is 15.0 Å². The molecular formula is C10H9ClO4S2. The molecular weight excluding hydrogens is 284 g/mol. The van der Waals surface area contributed by atoms with Gasteiger partial charge in [0.25, 0.3) is 9.05 Å². The minimum Gasteiger partial charge on any atom is -0.457 e. The molecule has 1 saturated heterocycles. The van der Waals surface area contributed by atoms with Crippen molar-refractivity contribution in [3.05, 3.63) is 29.8 Å². The first kappa shape index (κ1) is 12.7. The normalized spacial score (nSPS) is 16.3. The van der Waals surface area contributed by atoms with E-state index in [9.17, 15) is 13.2 Å². The molecule has 0 bridgehead atoms. The van der Waals surface area contributed by atoms with Gasteiger partial charge in [0.1, 0.15) is 6.10 Å². The number of ether oxygens (including phenoxy) is 1. The zero-order valence-corrected chi connectivity index (χ0v) is 11.0. The Morgan fingerprint density at radius 2 is 2.00 bits per heavy atom. The van der Waals surface area contributed by atoms with Crippen molar-refractivity contribution in [2.24, 2.45) is 0 Å². The molecule has 17 heavy (non-hydrogen) atoms. The van der Waals surface area contributed by atoms with Crippen molar-refractivity contribution in [1.82, 2.24) is 0 Å². The number of carbonyl (C=O) groups excluding carboxylic acids is 1. The third-order valence-electron chi connectivity index (χ3n) is 2.25. The van der Waals surface area contributed by atoms with Crippen LogP contribution < -0.4 is 0 Å². The molecule has 0 N–H and O–H groups in total. The van der Waals surface area contributed by atoms with Crippen LogP contribution in [0.4, 0.5) is 0 Å². The predicted molar refractivity (Wildman–Crippen MR) is 66.0 cm³/mol. The highest BCUT2D eigenvalue weighted by Gasteiger charge is 2.26. The minimum absolute atomic E-state index is 0.0144. The van der Waals surface area contributed by atoms with Gasteiger partial charge in [0.15, 0.2) is 0 Å². The fourth-order valence-corrected chi connectivity index (χ4v) is 2.97. The molecule has 1 fully saturated rings. The summed E-state index contributed by atoms with van der Waals surface area (Å²) >= 11 is 1.67. The van der Waals surface area contributed by atoms with Crippen molar-refractivity contribution < 1.29 is 17.9 Å². The second-order valence-corrected chi connectivity index (χ2v) is 7.11. The summed E-state index contributed by atoms with van der Waals surface area (Å²) in [6, 6.07) is 5.75. The first-order valence-electron chi connectivity index (χ1n) is 4.81. The van der Waals surface area contributed by atoms with Crippen LogP contribution >= 0.6 is 22.4 Å². The number of hydrogen-bond acceptors (Lipinski definition) is 5. The van der Waals surface area contributed by atoms with Crippen LogP contribution in [0.1, 0.15) is 10.4 Å². The average Bonchev–Trinajstić information content (AvgIpc) is 2.22. The molecule has 0 saturated carbocycles. The highest BCUT2D eigenvalue weighted by atomic mass is 35.7. The molecule has 1 aliphatic heterocycles. The summed E-state index contributed by atoms with van der Waals surface area (Å²) in [7, 11) is 1.32. The highest BCUT2D eigenvalue weighted by molar-refractivity contribution is 8.13. The maximum Gasteiger partial charge on any atom is 0.339 e. The second kappa shape index (κ2) is 4.88. The maximum absolute atomic E-state index is 11.8. The molecule has 0 aromatic heterocycles. The molecule has 0 aliphatic carbocycles. The van der Waals surface area contributed by atoms with Crippen LogP contribution in [0, 0.1) is 0 Å². The van der Waals surface area contributed by atoms with Crippen LogP contribution in [-0.2, 0) is 13.8 Å². The van der Waals surface area contributed by atoms with Crippen LogP contribution in [0.2, 0.25) is 0 Å². The first-order valence-corrected chi connectivity index (χ1v) is 8.27. The van der Waals surface area contributed by atoms with E-state index in [4.69, 9.17) is 15.4 Å². The number of rotatable bonds is 3. The van der Waals surface area contributed by atoms with E-state index in [1.54, 1.807) is 17.8 Å². The summed E-state index contributed by atoms with van der Waals surface area (Å²) in [5.41, 5.74) is -0.0144. The molecule has 0 spiro atoms. The smallest absolute Gasteiger partial charge is 0.339 e. The lowest BCUT2D eigenvalue weighted by atomic mass is 10.2. The van der Waals surface area contributed by atoms with Gasteiger partial charge in [-0.2, -0.15) is 11.8 Å². The Labute approximate surface area is 108 Å². The predicted octanol–water partition coefficient (Wildman–Crippen LogP) is 1.89. The molecule has 0 unspecified atom stereocenters. The van der Waals surface area contributed by atoms with Gasteiger partial charge in [-0.3, -0.25) is 0 Å². The van der Waals surface area contributed by atoms with Gasteiger partial charge in [-0.25, -0.2) is 13.2 Å². The topological polar surface area (TPSA) is 60.4 Å². The standard InChI is InChI=1S/C10H9ClO4S2/c11-17(13,14)9-4-2-1-3-8(9)10(12)15-7-5-16-6-7/h1-4,7H,5-6H2. The molecule has 0 amide bonds. The van der Waals surface area contributed by atoms with Gasteiger partial charge < -0.3 is 4.74 Å². The van der Waals surface area contributed by atoms with Crippen LogP contribution in [0.3, 0.4) is 0 Å². The lowest BCUT2D eigenvalue weighted by Crippen LogP contribution is -2.31. The zero-order chi connectivity index (χ0) is 12.5. The Morgan fingerprint density at radius 3 is 2.53 bits per heavy atom. The summed E-state index contributed by atoms with van der Waals surface area (Å²) in [5.74, 6) is 0.860. The lowest BCUT2D eigenvalue weighted by Gasteiger charge is -2.24. The van der Waals surface area contributed by atoms with Crippen LogP contribution in [-0.4, -0.2) is 32.0 Å². The van der Waals surface area contributed by atoms with E-state index in [0.717, 1.165) is 11.5 Å². The summed E-state index contributed by atoms with van der Waals surface area (Å²) in [6.45, 7) is 0. The molecule has 92 valence electrons. The summed E-state index contributed by atoms with van der Waals surface area (Å²) in [5, 5.41) is 0. The van der Waals surface area contributed by atoms with Gasteiger partial charge in [-0.1, -0.05) is 12.1 Å². The van der Waals surface area contributed by atoms with Crippen molar-refractivity contribution in [2.75, 3.05) is 11.5 Å². The van der Waals surface area contributed by atoms with E-state index in [1.165, 1.54) is 18.2 Å². The third-order valence-corrected chi connectivity index (χ3v) is 4.85. The van der Waals surface area contributed by atoms with E-state index in [-0.39, 0.29) is 16.6 Å². The van der Waals surface area contributed by atoms with Crippen molar-refractivity contribution in [2.45, 2.75) is 11.0 Å². The van der Waals surface area contributed by atoms with Gasteiger partial charge >= 0.3 is 5.97 Å². The number of thioether (sulfide) groups is 1. The molecule has 7 heteroatoms. The van der Waals surface area contributed by atoms with E-state index in [0.29, 0.717) is 0 Å². The molecule has 4 nitrogen and oxygen atoms in total. The Hall–Kier alpha value is -0.720. The first-order chi connectivity index (χ1) is 7.98. The fraction of sp³-hybridized carbons (Fsp3) is 0.300. The molecule has 2 rings (SSSR count). The quantitative estimate of drug-likeness (QED) is 0.629. The molecule has 1 aromatic carbocycles. The number of esters is 1. The SMILES string of the molecule is O=C(OC1CSC1)c1ccccc1S(=O)(=O)Cl. The van der Waals surface area contributed by atoms with Crippen molar-refractivity contribution in [3.63, 3.8) is 0 Å². The van der Waals surface area contributed by atoms with Gasteiger partial charge in [0.05, 0.1) is 10.5 Å². The van der Waals surface area contributed by atoms with Crippen LogP contribution in [0.25, 0.3) is 0 Å². The second-order valence-electron chi connectivity index (χ2n) is 3.50. The number of hydrogen-bond donors (Lipinski definition) is 0. The van der Waals surface area contributed by atoms with Crippen molar-refractivity contribution >= 4 is 37.5 Å². The Bertz CT molecular complexity index is 537. The molecule has 1 aliphatic rings. The molecule has 0 radical (unpaired) electrons. The zero-order valence-electron chi connectivity index (χ0n) is 8.63. The summed E-state index contributed by atoms with van der Waals surface area (Å²) < 4.78 is 27.7. The Kier molecular flexibility index (Phi) is 3.65. The van der Waals surface area contributed by atoms with E-state index in [2.05, 4.69) is 0 Å². The van der Waals surface area contributed by atoms with E-state index in [1.807, 2.05) is 0 Å². The van der Waals surface area contributed by atoms with Gasteiger partial charge in [0, 0.05) is 22.2 Å². The minimum atomic E-state index is -3.94. The lowest BCUT2D eigenvalue weighted by molar-refractivity contribution is 0.0370. The van der Waals surface area contributed by atoms with Crippen molar-refractivity contribution in [3.8, 4) is 0 Å². The molecule has 1 heterocycles. The molecule has 1 aromatic rings. The van der Waals surface area contributed by atoms with Gasteiger partial charge in [-0.15, -0.1) is 0 Å². The van der Waals surface area contributed by atoms with Crippen LogP contribution in [0.5, 0.6) is 0 Å². The average molecular weight is 293 g/mol. The third kappa shape index (κ3) is 2.94. The van der Waals surface area contributed by atoms with Gasteiger partial charge in [-0.05, 0) is 12.1 Å². The summed E-state index contributed by atoms with van der Waals surface area (Å²) in [4.78, 5) is 11.6.